The summed E-state index contributed by atoms with van der Waals surface area (Å²) in [6.07, 6.45) is 1.90. The zero-order valence-electron chi connectivity index (χ0n) is 20.3. The molecule has 0 bridgehead atoms. The summed E-state index contributed by atoms with van der Waals surface area (Å²) < 4.78 is 11.4. The number of aromatic amines is 1. The van der Waals surface area contributed by atoms with Crippen molar-refractivity contribution < 1.29 is 14.3 Å². The molecule has 0 unspecified atom stereocenters. The number of rotatable bonds is 12. The summed E-state index contributed by atoms with van der Waals surface area (Å²) in [5, 5.41) is 12.0. The summed E-state index contributed by atoms with van der Waals surface area (Å²) in [6, 6.07) is 7.38. The third kappa shape index (κ3) is 7.00. The van der Waals surface area contributed by atoms with Gasteiger partial charge in [-0.3, -0.25) is 14.8 Å². The Kier molecular flexibility index (Phi) is 9.04. The molecule has 1 amide bonds. The maximum atomic E-state index is 13.1. The van der Waals surface area contributed by atoms with Crippen LogP contribution in [0.2, 0.25) is 0 Å². The van der Waals surface area contributed by atoms with Crippen molar-refractivity contribution in [3.05, 3.63) is 35.3 Å². The fourth-order valence-electron chi connectivity index (χ4n) is 3.82. The number of morpholine rings is 1. The molecule has 10 nitrogen and oxygen atoms in total. The first-order chi connectivity index (χ1) is 17.2. The summed E-state index contributed by atoms with van der Waals surface area (Å²) >= 11 is 1.60. The molecule has 0 radical (unpaired) electrons. The Morgan fingerprint density at radius 2 is 2.03 bits per heavy atom. The van der Waals surface area contributed by atoms with E-state index < -0.39 is 0 Å². The van der Waals surface area contributed by atoms with Gasteiger partial charge in [0.1, 0.15) is 12.3 Å². The molecule has 1 aliphatic rings. The Morgan fingerprint density at radius 3 is 2.74 bits per heavy atom. The maximum absolute atomic E-state index is 13.1. The molecule has 0 saturated carbocycles. The van der Waals surface area contributed by atoms with E-state index in [2.05, 4.69) is 49.1 Å². The lowest BCUT2D eigenvalue weighted by Crippen LogP contribution is -2.38. The molecule has 35 heavy (non-hydrogen) atoms. The van der Waals surface area contributed by atoms with E-state index in [1.54, 1.807) is 17.4 Å². The summed E-state index contributed by atoms with van der Waals surface area (Å²) in [4.78, 5) is 27.8. The number of anilines is 2. The van der Waals surface area contributed by atoms with E-state index in [4.69, 9.17) is 9.47 Å². The van der Waals surface area contributed by atoms with Gasteiger partial charge in [-0.05, 0) is 24.3 Å². The van der Waals surface area contributed by atoms with Gasteiger partial charge >= 0.3 is 0 Å². The molecule has 4 heterocycles. The molecule has 3 aromatic rings. The number of hydrogen-bond acceptors (Lipinski definition) is 9. The summed E-state index contributed by atoms with van der Waals surface area (Å²) in [6.45, 7) is 10.3. The maximum Gasteiger partial charge on any atom is 0.275 e. The van der Waals surface area contributed by atoms with Gasteiger partial charge in [0.25, 0.3) is 5.91 Å². The Morgan fingerprint density at radius 1 is 1.23 bits per heavy atom. The first-order valence-corrected chi connectivity index (χ1v) is 13.0. The third-order valence-electron chi connectivity index (χ3n) is 5.56. The quantitative estimate of drug-likeness (QED) is 0.390. The molecule has 3 aromatic heterocycles. The van der Waals surface area contributed by atoms with Crippen LogP contribution in [0.25, 0.3) is 10.6 Å². The number of carbonyl (C=O) groups excluding carboxylic acids is 1. The zero-order chi connectivity index (χ0) is 24.5. The number of aromatic nitrogens is 4. The zero-order valence-corrected chi connectivity index (χ0v) is 21.1. The standard InChI is InChI=1S/C24H33N7O3S/c1-3-7-31(8-4-2)24-25-19(17-22(27-24)34-14-11-30-9-12-33-13-10-30)23(32)26-21-16-18(28-29-21)20-6-5-15-35-20/h5-6,15-17H,3-4,7-14H2,1-2H3,(H2,26,28,29,32). The molecule has 4 rings (SSSR count). The number of carbonyl (C=O) groups is 1. The van der Waals surface area contributed by atoms with Crippen LogP contribution in [0.15, 0.2) is 29.6 Å². The number of H-pyrrole nitrogens is 1. The average Bonchev–Trinajstić information content (AvgIpc) is 3.57. The highest BCUT2D eigenvalue weighted by molar-refractivity contribution is 7.13. The minimum Gasteiger partial charge on any atom is -0.476 e. The molecular formula is C24H33N7O3S. The molecule has 1 aliphatic heterocycles. The molecule has 11 heteroatoms. The normalized spacial score (nSPS) is 14.1. The van der Waals surface area contributed by atoms with Crippen LogP contribution in [0.1, 0.15) is 37.2 Å². The molecule has 188 valence electrons. The molecule has 0 aromatic carbocycles. The number of hydrogen-bond donors (Lipinski definition) is 2. The number of ether oxygens (including phenoxy) is 2. The monoisotopic (exact) mass is 499 g/mol. The topological polar surface area (TPSA) is 108 Å². The van der Waals surface area contributed by atoms with Gasteiger partial charge in [-0.15, -0.1) is 11.3 Å². The Bertz CT molecular complexity index is 1060. The minimum absolute atomic E-state index is 0.245. The van der Waals surface area contributed by atoms with Crippen molar-refractivity contribution in [2.24, 2.45) is 0 Å². The van der Waals surface area contributed by atoms with Gasteiger partial charge in [0.2, 0.25) is 11.8 Å². The van der Waals surface area contributed by atoms with Crippen LogP contribution in [-0.2, 0) is 4.74 Å². The average molecular weight is 500 g/mol. The van der Waals surface area contributed by atoms with Gasteiger partial charge in [-0.2, -0.15) is 10.1 Å². The predicted molar refractivity (Wildman–Crippen MR) is 137 cm³/mol. The fourth-order valence-corrected chi connectivity index (χ4v) is 4.52. The van der Waals surface area contributed by atoms with Crippen molar-refractivity contribution in [2.75, 3.05) is 62.8 Å². The van der Waals surface area contributed by atoms with E-state index in [-0.39, 0.29) is 11.6 Å². The SMILES string of the molecule is CCCN(CCC)c1nc(OCCN2CCOCC2)cc(C(=O)Nc2cc(-c3cccs3)[nH]n2)n1. The molecule has 1 fully saturated rings. The Hall–Kier alpha value is -3.02. The van der Waals surface area contributed by atoms with Gasteiger partial charge in [0.15, 0.2) is 5.82 Å². The van der Waals surface area contributed by atoms with E-state index >= 15 is 0 Å². The van der Waals surface area contributed by atoms with Gasteiger partial charge < -0.3 is 19.7 Å². The number of nitrogens with one attached hydrogen (secondary N) is 2. The van der Waals surface area contributed by atoms with Gasteiger partial charge in [-0.25, -0.2) is 4.98 Å². The smallest absolute Gasteiger partial charge is 0.275 e. The third-order valence-corrected chi connectivity index (χ3v) is 6.46. The number of thiophene rings is 1. The molecular weight excluding hydrogens is 466 g/mol. The second-order valence-electron chi connectivity index (χ2n) is 8.28. The van der Waals surface area contributed by atoms with Crippen LogP contribution in [0.3, 0.4) is 0 Å². The van der Waals surface area contributed by atoms with Crippen molar-refractivity contribution >= 4 is 29.0 Å². The van der Waals surface area contributed by atoms with Crippen LogP contribution in [0.4, 0.5) is 11.8 Å². The molecule has 0 aliphatic carbocycles. The molecule has 0 atom stereocenters. The molecule has 2 N–H and O–H groups in total. The second-order valence-corrected chi connectivity index (χ2v) is 9.23. The van der Waals surface area contributed by atoms with E-state index in [0.717, 1.165) is 69.4 Å². The van der Waals surface area contributed by atoms with Gasteiger partial charge in [-0.1, -0.05) is 19.9 Å². The Balaban J connectivity index is 1.49. The van der Waals surface area contributed by atoms with Crippen LogP contribution < -0.4 is 15.0 Å². The highest BCUT2D eigenvalue weighted by Crippen LogP contribution is 2.25. The lowest BCUT2D eigenvalue weighted by Gasteiger charge is -2.26. The fraction of sp³-hybridized carbons (Fsp3) is 0.500. The minimum atomic E-state index is -0.358. The van der Waals surface area contributed by atoms with Crippen LogP contribution >= 0.6 is 11.3 Å². The van der Waals surface area contributed by atoms with Crippen LogP contribution in [0.5, 0.6) is 5.88 Å². The predicted octanol–water partition coefficient (Wildman–Crippen LogP) is 3.52. The highest BCUT2D eigenvalue weighted by Gasteiger charge is 2.18. The largest absolute Gasteiger partial charge is 0.476 e. The lowest BCUT2D eigenvalue weighted by atomic mass is 10.3. The number of amides is 1. The van der Waals surface area contributed by atoms with Crippen LogP contribution in [0, 0.1) is 0 Å². The van der Waals surface area contributed by atoms with Crippen LogP contribution in [-0.4, -0.2) is 83.5 Å². The molecule has 1 saturated heterocycles. The summed E-state index contributed by atoms with van der Waals surface area (Å²) in [5.41, 5.74) is 1.09. The lowest BCUT2D eigenvalue weighted by molar-refractivity contribution is 0.0320. The first-order valence-electron chi connectivity index (χ1n) is 12.1. The van der Waals surface area contributed by atoms with E-state index in [1.165, 1.54) is 0 Å². The molecule has 0 spiro atoms. The van der Waals surface area contributed by atoms with Gasteiger partial charge in [0.05, 0.1) is 23.8 Å². The van der Waals surface area contributed by atoms with Crippen molar-refractivity contribution in [3.8, 4) is 16.5 Å². The van der Waals surface area contributed by atoms with E-state index in [1.807, 2.05) is 23.6 Å². The first kappa shape index (κ1) is 25.1. The van der Waals surface area contributed by atoms with E-state index in [9.17, 15) is 4.79 Å². The van der Waals surface area contributed by atoms with Crippen molar-refractivity contribution in [3.63, 3.8) is 0 Å². The summed E-state index contributed by atoms with van der Waals surface area (Å²) in [5.74, 6) is 0.979. The second kappa shape index (κ2) is 12.6. The Labute approximate surface area is 209 Å². The van der Waals surface area contributed by atoms with Crippen molar-refractivity contribution in [1.29, 1.82) is 0 Å². The summed E-state index contributed by atoms with van der Waals surface area (Å²) in [7, 11) is 0. The number of nitrogens with zero attached hydrogens (tertiary/aromatic N) is 5. The highest BCUT2D eigenvalue weighted by atomic mass is 32.1. The van der Waals surface area contributed by atoms with Crippen molar-refractivity contribution in [2.45, 2.75) is 26.7 Å². The van der Waals surface area contributed by atoms with E-state index in [0.29, 0.717) is 24.3 Å². The van der Waals surface area contributed by atoms with Gasteiger partial charge in [0, 0.05) is 44.9 Å². The van der Waals surface area contributed by atoms with Crippen molar-refractivity contribution in [1.82, 2.24) is 25.1 Å².